The molecule has 0 saturated heterocycles. The van der Waals surface area contributed by atoms with Gasteiger partial charge in [0.25, 0.3) is 0 Å². The smallest absolute Gasteiger partial charge is 0.307 e. The Labute approximate surface area is 165 Å². The lowest BCUT2D eigenvalue weighted by Gasteiger charge is -2.11. The van der Waals surface area contributed by atoms with E-state index in [4.69, 9.17) is 9.47 Å². The Bertz CT molecular complexity index is 992. The maximum absolute atomic E-state index is 13.8. The molecule has 2 aromatic carbocycles. The van der Waals surface area contributed by atoms with Crippen molar-refractivity contribution >= 4 is 39.1 Å². The van der Waals surface area contributed by atoms with Crippen LogP contribution in [-0.4, -0.2) is 25.3 Å². The monoisotopic (exact) mass is 432 g/mol. The molecule has 1 aliphatic carbocycles. The van der Waals surface area contributed by atoms with Crippen molar-refractivity contribution in [1.29, 1.82) is 0 Å². The molecule has 0 saturated carbocycles. The molecule has 0 aromatic heterocycles. The fourth-order valence-corrected chi connectivity index (χ4v) is 3.94. The van der Waals surface area contributed by atoms with Crippen molar-refractivity contribution in [3.05, 3.63) is 62.9 Å². The largest absolute Gasteiger partial charge is 0.493 e. The van der Waals surface area contributed by atoms with Crippen molar-refractivity contribution in [2.45, 2.75) is 13.3 Å². The van der Waals surface area contributed by atoms with E-state index < -0.39 is 5.97 Å². The normalized spacial score (nSPS) is 14.5. The van der Waals surface area contributed by atoms with Crippen LogP contribution in [0.15, 0.2) is 40.4 Å². The highest BCUT2D eigenvalue weighted by Crippen LogP contribution is 2.45. The highest BCUT2D eigenvalue weighted by atomic mass is 79.9. The number of fused-ring (bicyclic) bond motifs is 1. The van der Waals surface area contributed by atoms with Crippen molar-refractivity contribution in [3.8, 4) is 11.5 Å². The highest BCUT2D eigenvalue weighted by molar-refractivity contribution is 9.10. The van der Waals surface area contributed by atoms with Gasteiger partial charge in [0.1, 0.15) is 5.82 Å². The predicted octanol–water partition coefficient (Wildman–Crippen LogP) is 5.41. The van der Waals surface area contributed by atoms with Gasteiger partial charge in [-0.1, -0.05) is 6.07 Å². The van der Waals surface area contributed by atoms with Crippen LogP contribution in [0.2, 0.25) is 0 Å². The fourth-order valence-electron chi connectivity index (χ4n) is 3.32. The predicted molar refractivity (Wildman–Crippen MR) is 106 cm³/mol. The Morgan fingerprint density at radius 1 is 1.19 bits per heavy atom. The summed E-state index contributed by atoms with van der Waals surface area (Å²) in [5.74, 6) is -0.176. The minimum atomic E-state index is -0.949. The first-order valence-corrected chi connectivity index (χ1v) is 9.00. The van der Waals surface area contributed by atoms with Crippen molar-refractivity contribution in [3.63, 3.8) is 0 Å². The number of carboxylic acids is 1. The van der Waals surface area contributed by atoms with Gasteiger partial charge in [-0.15, -0.1) is 0 Å². The molecule has 2 aromatic rings. The molecule has 4 nitrogen and oxygen atoms in total. The first-order valence-electron chi connectivity index (χ1n) is 8.21. The van der Waals surface area contributed by atoms with E-state index in [2.05, 4.69) is 15.9 Å². The van der Waals surface area contributed by atoms with E-state index in [1.165, 1.54) is 12.1 Å². The number of allylic oxidation sites excluding steroid dienone is 2. The average Bonchev–Trinajstić information content (AvgIpc) is 2.86. The Hall–Kier alpha value is -2.60. The van der Waals surface area contributed by atoms with Gasteiger partial charge in [0.2, 0.25) is 0 Å². The molecule has 0 unspecified atom stereocenters. The highest BCUT2D eigenvalue weighted by Gasteiger charge is 2.25. The Morgan fingerprint density at radius 2 is 1.93 bits per heavy atom. The molecule has 0 spiro atoms. The standard InChI is InChI=1S/C21H18BrFO4/c1-11-15(6-12-7-18(22)21(27-3)19(8-12)26-2)14-5-4-13(23)9-17(14)16(11)10-20(24)25/h4-9H,10H2,1-3H3,(H,24,25)/b15-6-. The molecule has 0 radical (unpaired) electrons. The summed E-state index contributed by atoms with van der Waals surface area (Å²) in [5.41, 5.74) is 4.60. The Kier molecular flexibility index (Phi) is 5.37. The second-order valence-corrected chi connectivity index (χ2v) is 7.01. The average molecular weight is 433 g/mol. The quantitative estimate of drug-likeness (QED) is 0.686. The minimum Gasteiger partial charge on any atom is -0.493 e. The third-order valence-electron chi connectivity index (χ3n) is 4.55. The number of halogens is 2. The van der Waals surface area contributed by atoms with E-state index in [-0.39, 0.29) is 12.2 Å². The lowest BCUT2D eigenvalue weighted by molar-refractivity contribution is -0.135. The summed E-state index contributed by atoms with van der Waals surface area (Å²) in [4.78, 5) is 11.3. The second-order valence-electron chi connectivity index (χ2n) is 6.16. The number of aliphatic carboxylic acids is 1. The van der Waals surface area contributed by atoms with E-state index in [1.807, 2.05) is 25.1 Å². The molecule has 140 valence electrons. The molecule has 0 bridgehead atoms. The van der Waals surface area contributed by atoms with E-state index >= 15 is 0 Å². The van der Waals surface area contributed by atoms with Crippen molar-refractivity contribution in [2.24, 2.45) is 0 Å². The van der Waals surface area contributed by atoms with Crippen LogP contribution in [0, 0.1) is 5.82 Å². The summed E-state index contributed by atoms with van der Waals surface area (Å²) in [7, 11) is 3.12. The summed E-state index contributed by atoms with van der Waals surface area (Å²) in [6, 6.07) is 8.18. The molecule has 6 heteroatoms. The van der Waals surface area contributed by atoms with Gasteiger partial charge in [0.05, 0.1) is 25.1 Å². The van der Waals surface area contributed by atoms with E-state index in [1.54, 1.807) is 20.3 Å². The third-order valence-corrected chi connectivity index (χ3v) is 5.14. The molecule has 1 N–H and O–H groups in total. The third kappa shape index (κ3) is 3.62. The number of carbonyl (C=O) groups is 1. The van der Waals surface area contributed by atoms with E-state index in [9.17, 15) is 14.3 Å². The number of benzene rings is 2. The Morgan fingerprint density at radius 3 is 2.56 bits per heavy atom. The van der Waals surface area contributed by atoms with Crippen LogP contribution >= 0.6 is 15.9 Å². The van der Waals surface area contributed by atoms with Gasteiger partial charge in [-0.3, -0.25) is 4.79 Å². The van der Waals surface area contributed by atoms with Gasteiger partial charge < -0.3 is 14.6 Å². The molecule has 3 rings (SSSR count). The van der Waals surface area contributed by atoms with E-state index in [0.29, 0.717) is 22.6 Å². The maximum Gasteiger partial charge on any atom is 0.307 e. The molecule has 27 heavy (non-hydrogen) atoms. The summed E-state index contributed by atoms with van der Waals surface area (Å²) in [6.07, 6.45) is 1.78. The number of hydrogen-bond acceptors (Lipinski definition) is 3. The SMILES string of the molecule is COc1cc(/C=C2/C(C)=C(CC(=O)O)c3cc(F)ccc32)cc(Br)c1OC. The van der Waals surface area contributed by atoms with Gasteiger partial charge in [0, 0.05) is 0 Å². The molecule has 0 amide bonds. The summed E-state index contributed by atoms with van der Waals surface area (Å²) >= 11 is 3.48. The first kappa shape index (κ1) is 19.2. The maximum atomic E-state index is 13.8. The molecule has 0 atom stereocenters. The summed E-state index contributed by atoms with van der Waals surface area (Å²) in [6.45, 7) is 1.86. The topological polar surface area (TPSA) is 55.8 Å². The fraction of sp³-hybridized carbons (Fsp3) is 0.190. The second kappa shape index (κ2) is 7.56. The molecule has 0 fully saturated rings. The van der Waals surface area contributed by atoms with Gasteiger partial charge in [0.15, 0.2) is 11.5 Å². The van der Waals surface area contributed by atoms with Gasteiger partial charge >= 0.3 is 5.97 Å². The van der Waals surface area contributed by atoms with Crippen LogP contribution < -0.4 is 9.47 Å². The van der Waals surface area contributed by atoms with Crippen LogP contribution in [0.25, 0.3) is 17.2 Å². The zero-order valence-electron chi connectivity index (χ0n) is 15.1. The van der Waals surface area contributed by atoms with Gasteiger partial charge in [-0.2, -0.15) is 0 Å². The van der Waals surface area contributed by atoms with Crippen LogP contribution in [0.1, 0.15) is 30.0 Å². The van der Waals surface area contributed by atoms with Crippen molar-refractivity contribution in [2.75, 3.05) is 14.2 Å². The number of rotatable bonds is 5. The minimum absolute atomic E-state index is 0.157. The Balaban J connectivity index is 2.18. The van der Waals surface area contributed by atoms with E-state index in [0.717, 1.165) is 26.7 Å². The summed E-state index contributed by atoms with van der Waals surface area (Å²) in [5, 5.41) is 9.24. The number of methoxy groups -OCH3 is 2. The van der Waals surface area contributed by atoms with Gasteiger partial charge in [-0.05, 0) is 86.6 Å². The molecule has 0 aliphatic heterocycles. The zero-order chi connectivity index (χ0) is 19.7. The zero-order valence-corrected chi connectivity index (χ0v) is 16.7. The molecule has 1 aliphatic rings. The molecule has 0 heterocycles. The number of carboxylic acid groups (broad SMARTS) is 1. The summed E-state index contributed by atoms with van der Waals surface area (Å²) < 4.78 is 25.2. The lowest BCUT2D eigenvalue weighted by Crippen LogP contribution is -1.97. The van der Waals surface area contributed by atoms with Crippen molar-refractivity contribution < 1.29 is 23.8 Å². The van der Waals surface area contributed by atoms with Gasteiger partial charge in [-0.25, -0.2) is 4.39 Å². The number of ether oxygens (including phenoxy) is 2. The van der Waals surface area contributed by atoms with Crippen LogP contribution in [0.3, 0.4) is 0 Å². The molecular formula is C21H18BrFO4. The van der Waals surface area contributed by atoms with Crippen LogP contribution in [0.5, 0.6) is 11.5 Å². The van der Waals surface area contributed by atoms with Crippen LogP contribution in [0.4, 0.5) is 4.39 Å². The van der Waals surface area contributed by atoms with Crippen molar-refractivity contribution in [1.82, 2.24) is 0 Å². The lowest BCUT2D eigenvalue weighted by atomic mass is 10.0. The number of hydrogen-bond donors (Lipinski definition) is 1. The van der Waals surface area contributed by atoms with Crippen LogP contribution in [-0.2, 0) is 4.79 Å². The molecular weight excluding hydrogens is 415 g/mol. The first-order chi connectivity index (χ1) is 12.8.